The molecule has 25 heavy (non-hydrogen) atoms. The second kappa shape index (κ2) is 10.9. The molecule has 1 heterocycles. The number of rotatable bonds is 10. The topological polar surface area (TPSA) is 64.1 Å². The number of nitrogens with zero attached hydrogens (tertiary/aromatic N) is 2. The Labute approximate surface area is 156 Å². The van der Waals surface area contributed by atoms with Gasteiger partial charge in [-0.15, -0.1) is 10.2 Å². The highest BCUT2D eigenvalue weighted by molar-refractivity contribution is 8.01. The predicted molar refractivity (Wildman–Crippen MR) is 105 cm³/mol. The van der Waals surface area contributed by atoms with Gasteiger partial charge in [0.05, 0.1) is 6.61 Å². The van der Waals surface area contributed by atoms with Crippen LogP contribution < -0.4 is 10.1 Å². The van der Waals surface area contributed by atoms with Crippen LogP contribution in [0, 0.1) is 0 Å². The summed E-state index contributed by atoms with van der Waals surface area (Å²) in [7, 11) is 0. The largest absolute Gasteiger partial charge is 0.494 e. The highest BCUT2D eigenvalue weighted by Crippen LogP contribution is 2.25. The van der Waals surface area contributed by atoms with Crippen molar-refractivity contribution < 1.29 is 9.53 Å². The maximum absolute atomic E-state index is 12.0. The molecule has 0 aliphatic carbocycles. The van der Waals surface area contributed by atoms with Crippen molar-refractivity contribution in [1.82, 2.24) is 10.2 Å². The van der Waals surface area contributed by atoms with Crippen LogP contribution in [0.3, 0.4) is 0 Å². The van der Waals surface area contributed by atoms with Crippen LogP contribution in [0.25, 0.3) is 6.08 Å². The van der Waals surface area contributed by atoms with E-state index in [0.29, 0.717) is 5.13 Å². The van der Waals surface area contributed by atoms with E-state index in [9.17, 15) is 4.79 Å². The van der Waals surface area contributed by atoms with Crippen LogP contribution in [0.1, 0.15) is 38.7 Å². The van der Waals surface area contributed by atoms with Gasteiger partial charge < -0.3 is 4.74 Å². The molecule has 0 saturated carbocycles. The van der Waals surface area contributed by atoms with Crippen LogP contribution >= 0.6 is 23.1 Å². The lowest BCUT2D eigenvalue weighted by Crippen LogP contribution is -2.07. The maximum Gasteiger partial charge on any atom is 0.250 e. The van der Waals surface area contributed by atoms with Gasteiger partial charge in [-0.3, -0.25) is 10.1 Å². The van der Waals surface area contributed by atoms with Crippen LogP contribution in [-0.2, 0) is 4.79 Å². The monoisotopic (exact) mass is 377 g/mol. The minimum Gasteiger partial charge on any atom is -0.494 e. The molecule has 1 aromatic heterocycles. The second-order valence-electron chi connectivity index (χ2n) is 5.32. The van der Waals surface area contributed by atoms with Gasteiger partial charge in [-0.25, -0.2) is 0 Å². The van der Waals surface area contributed by atoms with Crippen LogP contribution in [-0.4, -0.2) is 28.5 Å². The number of hydrogen-bond acceptors (Lipinski definition) is 6. The number of anilines is 1. The molecule has 0 radical (unpaired) electrons. The smallest absolute Gasteiger partial charge is 0.250 e. The molecule has 2 aromatic rings. The SMILES string of the molecule is CCCCOc1ccc(/C=C/C(=O)Nc2nnc(SCCC)s2)cc1. The molecule has 0 saturated heterocycles. The Morgan fingerprint density at radius 3 is 2.76 bits per heavy atom. The van der Waals surface area contributed by atoms with Crippen molar-refractivity contribution in [2.75, 3.05) is 17.7 Å². The number of ether oxygens (including phenoxy) is 1. The number of carbonyl (C=O) groups excluding carboxylic acids is 1. The van der Waals surface area contributed by atoms with Crippen molar-refractivity contribution in [3.05, 3.63) is 35.9 Å². The summed E-state index contributed by atoms with van der Waals surface area (Å²) in [5, 5.41) is 11.3. The average Bonchev–Trinajstić information content (AvgIpc) is 3.07. The van der Waals surface area contributed by atoms with Gasteiger partial charge >= 0.3 is 0 Å². The molecule has 0 unspecified atom stereocenters. The van der Waals surface area contributed by atoms with Crippen LogP contribution in [0.2, 0.25) is 0 Å². The third kappa shape index (κ3) is 7.27. The molecule has 0 fully saturated rings. The van der Waals surface area contributed by atoms with E-state index in [2.05, 4.69) is 29.4 Å². The summed E-state index contributed by atoms with van der Waals surface area (Å²) in [6.45, 7) is 4.98. The number of thioether (sulfide) groups is 1. The van der Waals surface area contributed by atoms with Gasteiger partial charge in [0.2, 0.25) is 11.0 Å². The number of nitrogens with one attached hydrogen (secondary N) is 1. The fraction of sp³-hybridized carbons (Fsp3) is 0.389. The van der Waals surface area contributed by atoms with Gasteiger partial charge in [0, 0.05) is 11.8 Å². The summed E-state index contributed by atoms with van der Waals surface area (Å²) in [6.07, 6.45) is 6.50. The summed E-state index contributed by atoms with van der Waals surface area (Å²) < 4.78 is 6.49. The molecule has 1 N–H and O–H groups in total. The van der Waals surface area contributed by atoms with E-state index in [4.69, 9.17) is 4.74 Å². The van der Waals surface area contributed by atoms with Gasteiger partial charge in [0.15, 0.2) is 4.34 Å². The van der Waals surface area contributed by atoms with E-state index >= 15 is 0 Å². The molecule has 0 spiro atoms. The molecule has 0 atom stereocenters. The van der Waals surface area contributed by atoms with E-state index in [1.54, 1.807) is 17.8 Å². The zero-order valence-electron chi connectivity index (χ0n) is 14.5. The van der Waals surface area contributed by atoms with Crippen LogP contribution in [0.4, 0.5) is 5.13 Å². The third-order valence-corrected chi connectivity index (χ3v) is 5.32. The number of hydrogen-bond donors (Lipinski definition) is 1. The Morgan fingerprint density at radius 2 is 2.04 bits per heavy atom. The van der Waals surface area contributed by atoms with Crippen LogP contribution in [0.15, 0.2) is 34.7 Å². The Hall–Kier alpha value is -1.86. The first-order valence-corrected chi connectivity index (χ1v) is 10.2. The lowest BCUT2D eigenvalue weighted by atomic mass is 10.2. The molecule has 1 aromatic carbocycles. The van der Waals surface area contributed by atoms with E-state index in [-0.39, 0.29) is 5.91 Å². The number of benzene rings is 1. The van der Waals surface area contributed by atoms with Crippen molar-refractivity contribution in [3.8, 4) is 5.75 Å². The van der Waals surface area contributed by atoms with Gasteiger partial charge in [-0.05, 0) is 36.6 Å². The van der Waals surface area contributed by atoms with E-state index in [0.717, 1.165) is 47.3 Å². The first kappa shape index (κ1) is 19.5. The summed E-state index contributed by atoms with van der Waals surface area (Å²) in [5.41, 5.74) is 0.939. The minimum atomic E-state index is -0.216. The quantitative estimate of drug-likeness (QED) is 0.277. The molecule has 0 aliphatic rings. The highest BCUT2D eigenvalue weighted by atomic mass is 32.2. The van der Waals surface area contributed by atoms with Gasteiger partial charge in [0.25, 0.3) is 0 Å². The fourth-order valence-electron chi connectivity index (χ4n) is 1.84. The van der Waals surface area contributed by atoms with Crippen LogP contribution in [0.5, 0.6) is 5.75 Å². The summed E-state index contributed by atoms with van der Waals surface area (Å²) in [5.74, 6) is 1.63. The number of aromatic nitrogens is 2. The Morgan fingerprint density at radius 1 is 1.24 bits per heavy atom. The highest BCUT2D eigenvalue weighted by Gasteiger charge is 2.06. The lowest BCUT2D eigenvalue weighted by Gasteiger charge is -2.04. The first-order valence-electron chi connectivity index (χ1n) is 8.39. The van der Waals surface area contributed by atoms with Crippen molar-refractivity contribution in [2.24, 2.45) is 0 Å². The molecule has 1 amide bonds. The standard InChI is InChI=1S/C18H23N3O2S2/c1-3-5-12-23-15-9-6-14(7-10-15)8-11-16(22)19-17-20-21-18(25-17)24-13-4-2/h6-11H,3-5,12-13H2,1-2H3,(H,19,20,22)/b11-8+. The Bertz CT molecular complexity index is 684. The lowest BCUT2D eigenvalue weighted by molar-refractivity contribution is -0.111. The maximum atomic E-state index is 12.0. The van der Waals surface area contributed by atoms with Gasteiger partial charge in [-0.1, -0.05) is 55.5 Å². The van der Waals surface area contributed by atoms with Gasteiger partial charge in [0.1, 0.15) is 5.75 Å². The van der Waals surface area contributed by atoms with Crippen molar-refractivity contribution in [3.63, 3.8) is 0 Å². The third-order valence-electron chi connectivity index (χ3n) is 3.14. The molecule has 0 aliphatic heterocycles. The van der Waals surface area contributed by atoms with E-state index in [1.807, 2.05) is 24.3 Å². The number of carbonyl (C=O) groups is 1. The molecule has 134 valence electrons. The molecular formula is C18H23N3O2S2. The fourth-order valence-corrected chi connectivity index (χ4v) is 3.52. The van der Waals surface area contributed by atoms with E-state index < -0.39 is 0 Å². The molecule has 0 bridgehead atoms. The number of unbranched alkanes of at least 4 members (excludes halogenated alkanes) is 1. The summed E-state index contributed by atoms with van der Waals surface area (Å²) in [4.78, 5) is 12.0. The van der Waals surface area contributed by atoms with E-state index in [1.165, 1.54) is 17.4 Å². The van der Waals surface area contributed by atoms with Crippen molar-refractivity contribution in [2.45, 2.75) is 37.4 Å². The van der Waals surface area contributed by atoms with Crippen molar-refractivity contribution in [1.29, 1.82) is 0 Å². The Kier molecular flexibility index (Phi) is 8.48. The van der Waals surface area contributed by atoms with Crippen molar-refractivity contribution >= 4 is 40.2 Å². The zero-order valence-corrected chi connectivity index (χ0v) is 16.2. The Balaban J connectivity index is 1.82. The minimum absolute atomic E-state index is 0.216. The molecule has 5 nitrogen and oxygen atoms in total. The predicted octanol–water partition coefficient (Wildman–Crippen LogP) is 4.87. The molecular weight excluding hydrogens is 354 g/mol. The zero-order chi connectivity index (χ0) is 17.9. The van der Waals surface area contributed by atoms with Gasteiger partial charge in [-0.2, -0.15) is 0 Å². The summed E-state index contributed by atoms with van der Waals surface area (Å²) >= 11 is 3.04. The molecule has 2 rings (SSSR count). The second-order valence-corrected chi connectivity index (χ2v) is 7.63. The summed E-state index contributed by atoms with van der Waals surface area (Å²) in [6, 6.07) is 7.68. The average molecular weight is 378 g/mol. The molecule has 7 heteroatoms. The first-order chi connectivity index (χ1) is 12.2. The normalized spacial score (nSPS) is 11.0. The number of amides is 1.